The fourth-order valence-corrected chi connectivity index (χ4v) is 2.22. The Hall–Kier alpha value is -1.46. The van der Waals surface area contributed by atoms with E-state index in [0.29, 0.717) is 23.8 Å². The summed E-state index contributed by atoms with van der Waals surface area (Å²) in [4.78, 5) is 11.0. The van der Waals surface area contributed by atoms with E-state index in [1.165, 1.54) is 31.0 Å². The lowest BCUT2D eigenvalue weighted by Gasteiger charge is -2.23. The van der Waals surface area contributed by atoms with Gasteiger partial charge >= 0.3 is 0 Å². The maximum atomic E-state index is 13.6. The number of piperidine rings is 1. The van der Waals surface area contributed by atoms with Crippen LogP contribution < -0.4 is 11.1 Å². The van der Waals surface area contributed by atoms with Gasteiger partial charge in [-0.2, -0.15) is 0 Å². The molecule has 1 unspecified atom stereocenters. The van der Waals surface area contributed by atoms with Crippen molar-refractivity contribution in [2.24, 2.45) is 5.73 Å². The first-order chi connectivity index (χ1) is 9.16. The van der Waals surface area contributed by atoms with Gasteiger partial charge in [0.1, 0.15) is 5.82 Å². The quantitative estimate of drug-likeness (QED) is 0.850. The van der Waals surface area contributed by atoms with Gasteiger partial charge in [0.15, 0.2) is 0 Å². The van der Waals surface area contributed by atoms with Crippen LogP contribution in [0.1, 0.15) is 35.2 Å². The first kappa shape index (κ1) is 14.0. The lowest BCUT2D eigenvalue weighted by molar-refractivity contribution is 0.0891. The van der Waals surface area contributed by atoms with Crippen molar-refractivity contribution >= 4 is 5.91 Å². The van der Waals surface area contributed by atoms with Gasteiger partial charge in [0.2, 0.25) is 5.91 Å². The summed E-state index contributed by atoms with van der Waals surface area (Å²) in [6, 6.07) is 4.42. The maximum Gasteiger partial charge on any atom is 0.248 e. The Labute approximate surface area is 112 Å². The number of nitrogens with two attached hydrogens (primary N) is 1. The largest absolute Gasteiger partial charge is 0.375 e. The number of hydrogen-bond acceptors (Lipinski definition) is 3. The highest BCUT2D eigenvalue weighted by molar-refractivity contribution is 5.92. The maximum absolute atomic E-state index is 13.6. The van der Waals surface area contributed by atoms with Crippen LogP contribution in [-0.2, 0) is 11.3 Å². The monoisotopic (exact) mass is 266 g/mol. The van der Waals surface area contributed by atoms with Crippen molar-refractivity contribution in [2.75, 3.05) is 13.2 Å². The molecule has 0 aromatic heterocycles. The highest BCUT2D eigenvalue weighted by atomic mass is 19.1. The number of amides is 1. The van der Waals surface area contributed by atoms with Crippen molar-refractivity contribution in [1.82, 2.24) is 5.32 Å². The number of nitrogens with one attached hydrogen (secondary N) is 1. The molecule has 1 fully saturated rings. The van der Waals surface area contributed by atoms with Crippen LogP contribution in [0.15, 0.2) is 18.2 Å². The van der Waals surface area contributed by atoms with Gasteiger partial charge in [-0.05, 0) is 37.6 Å². The summed E-state index contributed by atoms with van der Waals surface area (Å²) in [7, 11) is 0. The second-order valence-corrected chi connectivity index (χ2v) is 4.83. The summed E-state index contributed by atoms with van der Waals surface area (Å²) in [5, 5.41) is 3.36. The van der Waals surface area contributed by atoms with Gasteiger partial charge in [0.25, 0.3) is 0 Å². The zero-order chi connectivity index (χ0) is 13.7. The Morgan fingerprint density at radius 2 is 2.32 bits per heavy atom. The highest BCUT2D eigenvalue weighted by Gasteiger charge is 2.13. The average Bonchev–Trinajstić information content (AvgIpc) is 2.42. The van der Waals surface area contributed by atoms with Crippen LogP contribution in [0.4, 0.5) is 4.39 Å². The van der Waals surface area contributed by atoms with Crippen molar-refractivity contribution in [3.63, 3.8) is 0 Å². The van der Waals surface area contributed by atoms with Gasteiger partial charge in [-0.3, -0.25) is 4.79 Å². The molecule has 104 valence electrons. The van der Waals surface area contributed by atoms with Gasteiger partial charge in [-0.25, -0.2) is 4.39 Å². The fraction of sp³-hybridized carbons (Fsp3) is 0.500. The molecule has 0 radical (unpaired) electrons. The minimum Gasteiger partial charge on any atom is -0.375 e. The molecule has 1 atom stereocenters. The normalized spacial score (nSPS) is 19.3. The van der Waals surface area contributed by atoms with Crippen LogP contribution in [0.25, 0.3) is 0 Å². The zero-order valence-electron chi connectivity index (χ0n) is 10.8. The van der Waals surface area contributed by atoms with Crippen LogP contribution >= 0.6 is 0 Å². The predicted octanol–water partition coefficient (Wildman–Crippen LogP) is 1.58. The first-order valence-electron chi connectivity index (χ1n) is 6.56. The smallest absolute Gasteiger partial charge is 0.248 e. The van der Waals surface area contributed by atoms with E-state index in [1.54, 1.807) is 0 Å². The van der Waals surface area contributed by atoms with Crippen LogP contribution in [0.5, 0.6) is 0 Å². The summed E-state index contributed by atoms with van der Waals surface area (Å²) >= 11 is 0. The van der Waals surface area contributed by atoms with E-state index >= 15 is 0 Å². The van der Waals surface area contributed by atoms with Crippen molar-refractivity contribution in [1.29, 1.82) is 0 Å². The molecule has 1 aromatic carbocycles. The molecule has 0 aliphatic carbocycles. The van der Waals surface area contributed by atoms with Crippen LogP contribution in [0.2, 0.25) is 0 Å². The third-order valence-electron chi connectivity index (χ3n) is 3.32. The lowest BCUT2D eigenvalue weighted by Crippen LogP contribution is -2.37. The number of carbonyl (C=O) groups is 1. The van der Waals surface area contributed by atoms with Gasteiger partial charge in [0, 0.05) is 17.2 Å². The summed E-state index contributed by atoms with van der Waals surface area (Å²) in [5.74, 6) is -0.934. The van der Waals surface area contributed by atoms with Crippen molar-refractivity contribution < 1.29 is 13.9 Å². The average molecular weight is 266 g/mol. The number of primary amides is 1. The summed E-state index contributed by atoms with van der Waals surface area (Å²) in [5.41, 5.74) is 5.84. The SMILES string of the molecule is NC(=O)c1ccc(F)c(COCC2CCCCN2)c1. The Kier molecular flexibility index (Phi) is 4.87. The minimum absolute atomic E-state index is 0.158. The van der Waals surface area contributed by atoms with Crippen molar-refractivity contribution in [3.05, 3.63) is 35.1 Å². The molecular weight excluding hydrogens is 247 g/mol. The van der Waals surface area contributed by atoms with E-state index in [4.69, 9.17) is 10.5 Å². The van der Waals surface area contributed by atoms with Gasteiger partial charge < -0.3 is 15.8 Å². The molecule has 1 aromatic rings. The van der Waals surface area contributed by atoms with E-state index in [0.717, 1.165) is 13.0 Å². The number of carbonyl (C=O) groups excluding carboxylic acids is 1. The van der Waals surface area contributed by atoms with E-state index in [1.807, 2.05) is 0 Å². The standard InChI is InChI=1S/C14H19FN2O2/c15-13-5-4-10(14(16)18)7-11(13)8-19-9-12-3-1-2-6-17-12/h4-5,7,12,17H,1-3,6,8-9H2,(H2,16,18). The molecule has 0 saturated carbocycles. The second kappa shape index (κ2) is 6.63. The minimum atomic E-state index is -0.560. The van der Waals surface area contributed by atoms with Crippen molar-refractivity contribution in [3.8, 4) is 0 Å². The molecule has 4 nitrogen and oxygen atoms in total. The van der Waals surface area contributed by atoms with Crippen molar-refractivity contribution in [2.45, 2.75) is 31.9 Å². The van der Waals surface area contributed by atoms with Crippen LogP contribution in [-0.4, -0.2) is 25.1 Å². The molecule has 0 bridgehead atoms. The molecule has 1 aliphatic heterocycles. The van der Waals surface area contributed by atoms with Crippen LogP contribution in [0, 0.1) is 5.82 Å². The van der Waals surface area contributed by atoms with Gasteiger partial charge in [-0.1, -0.05) is 6.42 Å². The topological polar surface area (TPSA) is 64.4 Å². The summed E-state index contributed by atoms with van der Waals surface area (Å²) in [6.45, 7) is 1.73. The number of halogens is 1. The zero-order valence-corrected chi connectivity index (χ0v) is 10.8. The molecule has 1 aliphatic rings. The Morgan fingerprint density at radius 3 is 3.00 bits per heavy atom. The van der Waals surface area contributed by atoms with E-state index in [-0.39, 0.29) is 12.4 Å². The third-order valence-corrected chi connectivity index (χ3v) is 3.32. The molecule has 2 rings (SSSR count). The number of ether oxygens (including phenoxy) is 1. The molecule has 3 N–H and O–H groups in total. The molecule has 19 heavy (non-hydrogen) atoms. The van der Waals surface area contributed by atoms with E-state index < -0.39 is 5.91 Å². The molecular formula is C14H19FN2O2. The Morgan fingerprint density at radius 1 is 1.47 bits per heavy atom. The second-order valence-electron chi connectivity index (χ2n) is 4.83. The highest BCUT2D eigenvalue weighted by Crippen LogP contribution is 2.13. The van der Waals surface area contributed by atoms with E-state index in [9.17, 15) is 9.18 Å². The van der Waals surface area contributed by atoms with Gasteiger partial charge in [-0.15, -0.1) is 0 Å². The molecule has 5 heteroatoms. The predicted molar refractivity (Wildman–Crippen MR) is 70.2 cm³/mol. The molecule has 1 amide bonds. The van der Waals surface area contributed by atoms with Crippen LogP contribution in [0.3, 0.4) is 0 Å². The first-order valence-corrected chi connectivity index (χ1v) is 6.56. The molecule has 1 heterocycles. The fourth-order valence-electron chi connectivity index (χ4n) is 2.22. The molecule has 1 saturated heterocycles. The Bertz CT molecular complexity index is 445. The molecule has 0 spiro atoms. The Balaban J connectivity index is 1.87. The third kappa shape index (κ3) is 4.01. The van der Waals surface area contributed by atoms with Gasteiger partial charge in [0.05, 0.1) is 13.2 Å². The van der Waals surface area contributed by atoms with E-state index in [2.05, 4.69) is 5.32 Å². The number of benzene rings is 1. The number of hydrogen-bond donors (Lipinski definition) is 2. The number of rotatable bonds is 5. The summed E-state index contributed by atoms with van der Waals surface area (Å²) in [6.07, 6.45) is 3.49. The lowest BCUT2D eigenvalue weighted by atomic mass is 10.1. The summed E-state index contributed by atoms with van der Waals surface area (Å²) < 4.78 is 19.1.